The number of para-hydroxylation sites is 1. The second-order valence-electron chi connectivity index (χ2n) is 3.06. The van der Waals surface area contributed by atoms with Gasteiger partial charge in [-0.3, -0.25) is 15.5 Å². The van der Waals surface area contributed by atoms with E-state index in [-0.39, 0.29) is 5.84 Å². The van der Waals surface area contributed by atoms with Gasteiger partial charge < -0.3 is 10.5 Å². The average molecular weight is 227 g/mol. The molecule has 0 amide bonds. The van der Waals surface area contributed by atoms with Crippen molar-refractivity contribution in [3.05, 3.63) is 34.1 Å². The Morgan fingerprint density at radius 2 is 2.31 bits per heavy atom. The van der Waals surface area contributed by atoms with Crippen molar-refractivity contribution in [2.75, 3.05) is 0 Å². The Kier molecular flexibility index (Phi) is 3.39. The van der Waals surface area contributed by atoms with Gasteiger partial charge in [-0.15, -0.1) is 0 Å². The molecule has 16 heavy (non-hydrogen) atoms. The molecule has 7 heteroatoms. The van der Waals surface area contributed by atoms with Crippen molar-refractivity contribution >= 4 is 11.5 Å². The fourth-order valence-corrected chi connectivity index (χ4v) is 0.998. The Hall–Kier alpha value is -2.18. The summed E-state index contributed by atoms with van der Waals surface area (Å²) < 4.78 is 18.2. The fraction of sp³-hybridized carbons (Fsp3) is 0.222. The van der Waals surface area contributed by atoms with Crippen molar-refractivity contribution in [1.29, 1.82) is 5.41 Å². The van der Waals surface area contributed by atoms with Crippen LogP contribution in [0.1, 0.15) is 6.92 Å². The lowest BCUT2D eigenvalue weighted by Gasteiger charge is -2.13. The molecule has 0 saturated heterocycles. The lowest BCUT2D eigenvalue weighted by atomic mass is 10.2. The van der Waals surface area contributed by atoms with Gasteiger partial charge in [-0.2, -0.15) is 0 Å². The Morgan fingerprint density at radius 3 is 2.81 bits per heavy atom. The molecule has 0 fully saturated rings. The summed E-state index contributed by atoms with van der Waals surface area (Å²) in [6.45, 7) is 1.40. The molecule has 1 aromatic carbocycles. The molecular formula is C9H10FN3O3. The van der Waals surface area contributed by atoms with Gasteiger partial charge in [0.15, 0.2) is 11.9 Å². The molecule has 86 valence electrons. The summed E-state index contributed by atoms with van der Waals surface area (Å²) in [5.74, 6) is -1.70. The maximum absolute atomic E-state index is 13.3. The Bertz CT molecular complexity index is 436. The first-order chi connectivity index (χ1) is 7.43. The lowest BCUT2D eigenvalue weighted by Crippen LogP contribution is -2.30. The molecule has 0 aromatic heterocycles. The van der Waals surface area contributed by atoms with Crippen molar-refractivity contribution < 1.29 is 14.1 Å². The molecule has 0 radical (unpaired) electrons. The molecule has 6 nitrogen and oxygen atoms in total. The van der Waals surface area contributed by atoms with Crippen LogP contribution in [0, 0.1) is 21.3 Å². The van der Waals surface area contributed by atoms with Crippen LogP contribution in [-0.4, -0.2) is 16.9 Å². The summed E-state index contributed by atoms with van der Waals surface area (Å²) >= 11 is 0. The molecule has 0 aliphatic rings. The average Bonchev–Trinajstić information content (AvgIpc) is 2.20. The number of benzene rings is 1. The summed E-state index contributed by atoms with van der Waals surface area (Å²) in [7, 11) is 0. The Labute approximate surface area is 90.5 Å². The maximum atomic E-state index is 13.3. The highest BCUT2D eigenvalue weighted by Gasteiger charge is 2.22. The number of nitrogens with two attached hydrogens (primary N) is 1. The molecule has 0 aliphatic heterocycles. The van der Waals surface area contributed by atoms with Crippen molar-refractivity contribution in [3.8, 4) is 5.75 Å². The van der Waals surface area contributed by atoms with Crippen LogP contribution < -0.4 is 10.5 Å². The second kappa shape index (κ2) is 4.56. The van der Waals surface area contributed by atoms with E-state index in [0.717, 1.165) is 12.1 Å². The normalized spacial score (nSPS) is 11.9. The predicted octanol–water partition coefficient (Wildman–Crippen LogP) is 1.44. The van der Waals surface area contributed by atoms with Crippen molar-refractivity contribution in [2.24, 2.45) is 5.73 Å². The molecular weight excluding hydrogens is 217 g/mol. The van der Waals surface area contributed by atoms with Crippen LogP contribution in [-0.2, 0) is 0 Å². The van der Waals surface area contributed by atoms with Crippen LogP contribution in [0.4, 0.5) is 10.1 Å². The summed E-state index contributed by atoms with van der Waals surface area (Å²) in [6.07, 6.45) is -0.921. The van der Waals surface area contributed by atoms with E-state index < -0.39 is 28.3 Å². The summed E-state index contributed by atoms with van der Waals surface area (Å²) in [4.78, 5) is 9.84. The number of nitro groups is 1. The largest absolute Gasteiger partial charge is 0.474 e. The lowest BCUT2D eigenvalue weighted by molar-refractivity contribution is -0.386. The number of halogens is 1. The van der Waals surface area contributed by atoms with Crippen LogP contribution in [0.25, 0.3) is 0 Å². The third-order valence-electron chi connectivity index (χ3n) is 1.88. The minimum absolute atomic E-state index is 0.336. The van der Waals surface area contributed by atoms with Crippen molar-refractivity contribution in [1.82, 2.24) is 0 Å². The van der Waals surface area contributed by atoms with Gasteiger partial charge in [-0.05, 0) is 13.0 Å². The molecule has 0 spiro atoms. The van der Waals surface area contributed by atoms with Crippen molar-refractivity contribution in [3.63, 3.8) is 0 Å². The second-order valence-corrected chi connectivity index (χ2v) is 3.06. The van der Waals surface area contributed by atoms with Gasteiger partial charge in [0.1, 0.15) is 5.84 Å². The number of hydrogen-bond acceptors (Lipinski definition) is 4. The summed E-state index contributed by atoms with van der Waals surface area (Å²) in [5.41, 5.74) is 4.63. The van der Waals surface area contributed by atoms with Gasteiger partial charge in [-0.25, -0.2) is 4.39 Å². The molecule has 0 aliphatic carbocycles. The van der Waals surface area contributed by atoms with E-state index in [1.54, 1.807) is 0 Å². The van der Waals surface area contributed by atoms with Crippen LogP contribution in [0.3, 0.4) is 0 Å². The minimum atomic E-state index is -0.921. The minimum Gasteiger partial charge on any atom is -0.474 e. The van der Waals surface area contributed by atoms with E-state index in [9.17, 15) is 14.5 Å². The number of hydrogen-bond donors (Lipinski definition) is 2. The molecule has 1 atom stereocenters. The molecule has 0 bridgehead atoms. The maximum Gasteiger partial charge on any atom is 0.314 e. The van der Waals surface area contributed by atoms with Crippen LogP contribution >= 0.6 is 0 Å². The first kappa shape index (κ1) is 11.9. The number of nitrogens with zero attached hydrogens (tertiary/aromatic N) is 1. The fourth-order valence-electron chi connectivity index (χ4n) is 0.998. The molecule has 3 N–H and O–H groups in total. The zero-order chi connectivity index (χ0) is 12.3. The van der Waals surface area contributed by atoms with Gasteiger partial charge in [0.2, 0.25) is 5.75 Å². The van der Waals surface area contributed by atoms with Gasteiger partial charge in [0.05, 0.1) is 4.92 Å². The van der Waals surface area contributed by atoms with Crippen molar-refractivity contribution in [2.45, 2.75) is 13.0 Å². The topological polar surface area (TPSA) is 102 Å². The highest BCUT2D eigenvalue weighted by atomic mass is 19.1. The number of nitro benzene ring substituents is 1. The molecule has 1 rings (SSSR count). The number of rotatable bonds is 4. The van der Waals surface area contributed by atoms with E-state index in [1.165, 1.54) is 13.0 Å². The molecule has 0 saturated carbocycles. The van der Waals surface area contributed by atoms with Gasteiger partial charge in [0.25, 0.3) is 0 Å². The monoisotopic (exact) mass is 227 g/mol. The summed E-state index contributed by atoms with van der Waals surface area (Å²) in [5, 5.41) is 17.7. The first-order valence-corrected chi connectivity index (χ1v) is 4.37. The number of nitrogens with one attached hydrogen (secondary N) is 1. The van der Waals surface area contributed by atoms with Crippen LogP contribution in [0.15, 0.2) is 18.2 Å². The number of amidine groups is 1. The highest BCUT2D eigenvalue weighted by Crippen LogP contribution is 2.30. The van der Waals surface area contributed by atoms with E-state index in [0.29, 0.717) is 0 Å². The van der Waals surface area contributed by atoms with Gasteiger partial charge >= 0.3 is 5.69 Å². The van der Waals surface area contributed by atoms with E-state index >= 15 is 0 Å². The van der Waals surface area contributed by atoms with E-state index in [1.807, 2.05) is 0 Å². The quantitative estimate of drug-likeness (QED) is 0.351. The SMILES string of the molecule is CC(Oc1c(F)cccc1[N+](=O)[O-])C(=N)N. The zero-order valence-electron chi connectivity index (χ0n) is 8.44. The van der Waals surface area contributed by atoms with Crippen LogP contribution in [0.2, 0.25) is 0 Å². The first-order valence-electron chi connectivity index (χ1n) is 4.37. The highest BCUT2D eigenvalue weighted by molar-refractivity contribution is 5.81. The standard InChI is InChI=1S/C9H10FN3O3/c1-5(9(11)12)16-8-6(10)3-2-4-7(8)13(14)15/h2-5H,1H3,(H3,11,12). The van der Waals surface area contributed by atoms with Crippen LogP contribution in [0.5, 0.6) is 5.75 Å². The van der Waals surface area contributed by atoms with E-state index in [4.69, 9.17) is 15.9 Å². The van der Waals surface area contributed by atoms with Gasteiger partial charge in [-0.1, -0.05) is 6.07 Å². The molecule has 1 aromatic rings. The predicted molar refractivity (Wildman–Crippen MR) is 55.1 cm³/mol. The molecule has 0 heterocycles. The van der Waals surface area contributed by atoms with E-state index in [2.05, 4.69) is 0 Å². The molecule has 1 unspecified atom stereocenters. The van der Waals surface area contributed by atoms with Gasteiger partial charge in [0, 0.05) is 6.07 Å². The third-order valence-corrected chi connectivity index (χ3v) is 1.88. The third kappa shape index (κ3) is 2.44. The summed E-state index contributed by atoms with van der Waals surface area (Å²) in [6, 6.07) is 3.36. The Balaban J connectivity index is 3.11. The number of ether oxygens (including phenoxy) is 1. The zero-order valence-corrected chi connectivity index (χ0v) is 8.44. The smallest absolute Gasteiger partial charge is 0.314 e. The Morgan fingerprint density at radius 1 is 1.69 bits per heavy atom.